The lowest BCUT2D eigenvalue weighted by Crippen LogP contribution is -2.17. The Balaban J connectivity index is 1.85. The van der Waals surface area contributed by atoms with Crippen LogP contribution < -0.4 is 20.9 Å². The number of alkyl halides is 3. The van der Waals surface area contributed by atoms with Crippen molar-refractivity contribution in [2.45, 2.75) is 26.3 Å². The van der Waals surface area contributed by atoms with Crippen LogP contribution in [0.3, 0.4) is 0 Å². The Hall–Kier alpha value is -3.58. The van der Waals surface area contributed by atoms with Crippen LogP contribution in [0, 0.1) is 0 Å². The van der Waals surface area contributed by atoms with Gasteiger partial charge in [0.25, 0.3) is 0 Å². The fraction of sp³-hybridized carbons (Fsp3) is 0.200. The summed E-state index contributed by atoms with van der Waals surface area (Å²) in [7, 11) is -2.30. The second kappa shape index (κ2) is 10.4. The summed E-state index contributed by atoms with van der Waals surface area (Å²) < 4.78 is 64.8. The Kier molecular flexibility index (Phi) is 7.55. The molecule has 0 amide bonds. The van der Waals surface area contributed by atoms with E-state index in [4.69, 9.17) is 4.55 Å². The number of ether oxygens (including phenoxy) is 1. The molecule has 0 saturated carbocycles. The number of nitrogens with one attached hydrogen (secondary N) is 3. The van der Waals surface area contributed by atoms with Gasteiger partial charge in [-0.05, 0) is 50.2 Å². The van der Waals surface area contributed by atoms with Crippen molar-refractivity contribution < 1.29 is 26.7 Å². The van der Waals surface area contributed by atoms with Crippen LogP contribution in [0.5, 0.6) is 5.75 Å². The van der Waals surface area contributed by atoms with E-state index < -0.39 is 17.2 Å². The van der Waals surface area contributed by atoms with E-state index in [1.165, 1.54) is 18.2 Å². The highest BCUT2D eigenvalue weighted by atomic mass is 32.2. The van der Waals surface area contributed by atoms with Gasteiger partial charge in [-0.15, -0.1) is 13.2 Å². The third-order valence-electron chi connectivity index (χ3n) is 3.89. The van der Waals surface area contributed by atoms with Crippen LogP contribution >= 0.6 is 0 Å². The Morgan fingerprint density at radius 1 is 1.06 bits per heavy atom. The van der Waals surface area contributed by atoms with Crippen molar-refractivity contribution in [3.63, 3.8) is 0 Å². The number of anilines is 3. The predicted octanol–water partition coefficient (Wildman–Crippen LogP) is 5.55. The summed E-state index contributed by atoms with van der Waals surface area (Å²) in [5.41, 5.74) is 7.53. The van der Waals surface area contributed by atoms with E-state index in [1.54, 1.807) is 36.4 Å². The summed E-state index contributed by atoms with van der Waals surface area (Å²) in [4.78, 5) is 8.74. The minimum Gasteiger partial charge on any atom is -0.454 e. The summed E-state index contributed by atoms with van der Waals surface area (Å²) in [6.45, 7) is 3.79. The smallest absolute Gasteiger partial charge is 0.454 e. The second-order valence-corrected chi connectivity index (χ2v) is 7.60. The number of hydrogen-bond donors (Lipinski definition) is 4. The molecule has 0 radical (unpaired) electrons. The van der Waals surface area contributed by atoms with E-state index >= 15 is 0 Å². The zero-order valence-corrected chi connectivity index (χ0v) is 18.2. The van der Waals surface area contributed by atoms with Crippen molar-refractivity contribution in [1.29, 1.82) is 0 Å². The van der Waals surface area contributed by atoms with Crippen LogP contribution in [0.25, 0.3) is 11.3 Å². The van der Waals surface area contributed by atoms with Gasteiger partial charge in [0.2, 0.25) is 5.95 Å². The van der Waals surface area contributed by atoms with Crippen LogP contribution in [0.4, 0.5) is 36.3 Å². The third-order valence-corrected chi connectivity index (χ3v) is 4.26. The van der Waals surface area contributed by atoms with Crippen LogP contribution in [0.2, 0.25) is 0 Å². The first-order valence-electron chi connectivity index (χ1n) is 9.54. The molecule has 9 nitrogen and oxygen atoms in total. The Morgan fingerprint density at radius 3 is 2.42 bits per heavy atom. The fourth-order valence-electron chi connectivity index (χ4n) is 2.67. The van der Waals surface area contributed by atoms with Crippen molar-refractivity contribution in [1.82, 2.24) is 9.97 Å². The molecule has 1 heterocycles. The number of aromatic nitrogens is 2. The summed E-state index contributed by atoms with van der Waals surface area (Å²) >= 11 is 0. The molecule has 0 spiro atoms. The molecule has 0 unspecified atom stereocenters. The van der Waals surface area contributed by atoms with Crippen molar-refractivity contribution in [3.05, 3.63) is 54.6 Å². The average Bonchev–Trinajstić information content (AvgIpc) is 2.71. The van der Waals surface area contributed by atoms with Gasteiger partial charge in [-0.1, -0.05) is 23.0 Å². The highest BCUT2D eigenvalue weighted by Crippen LogP contribution is 2.29. The molecule has 0 aliphatic heterocycles. The van der Waals surface area contributed by atoms with Crippen molar-refractivity contribution >= 4 is 34.0 Å². The summed E-state index contributed by atoms with van der Waals surface area (Å²) in [6, 6.07) is 13.4. The Bertz CT molecular complexity index is 1180. The van der Waals surface area contributed by atoms with Gasteiger partial charge >= 0.3 is 6.36 Å². The standard InChI is InChI=1S/C20H20F3N6O3S/c1-12(2)24-19-25-17(13-4-3-5-16(10-13)32-20(21,22)23)11-18(26-19)28-27-14-6-8-15(9-7-14)29-33(30)31/h3-12,27H,1-2H3,(H,29,30,31)(H2,24,25,26,28)/q-1. The monoisotopic (exact) mass is 481 g/mol. The maximum atomic E-state index is 12.6. The van der Waals surface area contributed by atoms with Gasteiger partial charge in [-0.25, -0.2) is 4.98 Å². The summed E-state index contributed by atoms with van der Waals surface area (Å²) in [5.74, 6) is 0.253. The van der Waals surface area contributed by atoms with E-state index in [0.29, 0.717) is 28.5 Å². The number of hydrogen-bond acceptors (Lipinski definition) is 9. The van der Waals surface area contributed by atoms with Gasteiger partial charge in [0.05, 0.1) is 11.4 Å². The van der Waals surface area contributed by atoms with Gasteiger partial charge in [0, 0.05) is 23.4 Å². The van der Waals surface area contributed by atoms with Crippen LogP contribution in [0.1, 0.15) is 13.8 Å². The van der Waals surface area contributed by atoms with Crippen LogP contribution in [0.15, 0.2) is 59.0 Å². The average molecular weight is 481 g/mol. The largest absolute Gasteiger partial charge is 0.573 e. The predicted molar refractivity (Wildman–Crippen MR) is 119 cm³/mol. The van der Waals surface area contributed by atoms with Gasteiger partial charge in [0.1, 0.15) is 5.75 Å². The zero-order valence-electron chi connectivity index (χ0n) is 17.4. The molecule has 3 rings (SSSR count). The van der Waals surface area contributed by atoms with E-state index in [0.717, 1.165) is 0 Å². The third kappa shape index (κ3) is 7.80. The first kappa shape index (κ1) is 24.1. The van der Waals surface area contributed by atoms with E-state index in [1.807, 2.05) is 13.8 Å². The molecule has 3 aromatic rings. The molecule has 13 heteroatoms. The SMILES string of the molecule is CC(C)Nc1nc(NNc2ccc(N=[S-](=O)O)cc2)cc(-c2cccc(OC(F)(F)F)c2)n1. The van der Waals surface area contributed by atoms with E-state index in [-0.39, 0.29) is 17.7 Å². The minimum absolute atomic E-state index is 0.00864. The molecule has 1 aromatic heterocycles. The van der Waals surface area contributed by atoms with Crippen molar-refractivity contribution in [2.75, 3.05) is 16.2 Å². The molecule has 2 aromatic carbocycles. The highest BCUT2D eigenvalue weighted by molar-refractivity contribution is 7.68. The molecule has 0 aliphatic rings. The molecule has 0 saturated heterocycles. The zero-order chi connectivity index (χ0) is 24.0. The molecule has 0 fully saturated rings. The number of halogens is 3. The Labute approximate surface area is 189 Å². The van der Waals surface area contributed by atoms with Crippen molar-refractivity contribution in [2.24, 2.45) is 4.36 Å². The fourth-order valence-corrected chi connectivity index (χ4v) is 2.97. The van der Waals surface area contributed by atoms with Crippen LogP contribution in [-0.2, 0) is 15.1 Å². The quantitative estimate of drug-likeness (QED) is 0.188. The van der Waals surface area contributed by atoms with Crippen LogP contribution in [-0.4, -0.2) is 26.9 Å². The maximum Gasteiger partial charge on any atom is 0.573 e. The molecule has 4 N–H and O–H groups in total. The minimum atomic E-state index is -4.81. The number of hydrazine groups is 1. The molecular formula is C20H20F3N6O3S-. The molecule has 176 valence electrons. The molecule has 0 atom stereocenters. The normalized spacial score (nSPS) is 12.5. The van der Waals surface area contributed by atoms with Gasteiger partial charge in [0.15, 0.2) is 5.82 Å². The van der Waals surface area contributed by atoms with Gasteiger partial charge in [-0.2, -0.15) is 4.98 Å². The number of rotatable bonds is 8. The first-order chi connectivity index (χ1) is 15.6. The number of benzene rings is 2. The molecule has 0 bridgehead atoms. The number of nitrogens with zero attached hydrogens (tertiary/aromatic N) is 3. The molecular weight excluding hydrogens is 461 g/mol. The lowest BCUT2D eigenvalue weighted by Gasteiger charge is -2.15. The maximum absolute atomic E-state index is 12.6. The van der Waals surface area contributed by atoms with E-state index in [2.05, 4.69) is 35.2 Å². The second-order valence-electron chi connectivity index (χ2n) is 6.96. The lowest BCUT2D eigenvalue weighted by molar-refractivity contribution is -0.274. The highest BCUT2D eigenvalue weighted by Gasteiger charge is 2.31. The van der Waals surface area contributed by atoms with Gasteiger partial charge < -0.3 is 23.2 Å². The summed E-state index contributed by atoms with van der Waals surface area (Å²) in [5, 5.41) is 3.07. The topological polar surface area (TPSA) is 121 Å². The lowest BCUT2D eigenvalue weighted by atomic mass is 10.1. The first-order valence-corrected chi connectivity index (χ1v) is 10.6. The molecule has 33 heavy (non-hydrogen) atoms. The van der Waals surface area contributed by atoms with Gasteiger partial charge in [-0.3, -0.25) is 10.9 Å². The summed E-state index contributed by atoms with van der Waals surface area (Å²) in [6.07, 6.45) is -4.81. The molecule has 0 aliphatic carbocycles. The van der Waals surface area contributed by atoms with Crippen molar-refractivity contribution in [3.8, 4) is 17.0 Å². The Morgan fingerprint density at radius 2 is 1.79 bits per heavy atom. The van der Waals surface area contributed by atoms with E-state index in [9.17, 15) is 17.4 Å².